The third kappa shape index (κ3) is 4.41. The van der Waals surface area contributed by atoms with E-state index >= 15 is 0 Å². The molecule has 39 heavy (non-hydrogen) atoms. The van der Waals surface area contributed by atoms with Gasteiger partial charge in [0.05, 0.1) is 0 Å². The molecule has 0 aliphatic heterocycles. The van der Waals surface area contributed by atoms with Crippen molar-refractivity contribution in [3.63, 3.8) is 0 Å². The molecule has 7 nitrogen and oxygen atoms in total. The van der Waals surface area contributed by atoms with Gasteiger partial charge in [-0.25, -0.2) is 0 Å². The first-order valence-corrected chi connectivity index (χ1v) is 14.8. The summed E-state index contributed by atoms with van der Waals surface area (Å²) in [5.41, 5.74) is 1.21. The molecule has 0 spiro atoms. The summed E-state index contributed by atoms with van der Waals surface area (Å²) in [5, 5.41) is 6.23. The molecular weight excluding hydrogens is 534 g/mol. The van der Waals surface area contributed by atoms with Gasteiger partial charge in [0.25, 0.3) is 20.2 Å². The highest BCUT2D eigenvalue weighted by atomic mass is 32.2. The molecule has 3 N–H and O–H groups in total. The molecule has 0 unspecified atom stereocenters. The Kier molecular flexibility index (Phi) is 5.89. The van der Waals surface area contributed by atoms with Crippen molar-refractivity contribution in [2.45, 2.75) is 9.79 Å². The fourth-order valence-corrected chi connectivity index (χ4v) is 7.14. The number of H-pyrrole nitrogens is 1. The molecule has 0 radical (unpaired) electrons. The number of benzene rings is 6. The van der Waals surface area contributed by atoms with Crippen LogP contribution in [0.1, 0.15) is 0 Å². The number of fused-ring (bicyclic) bond motifs is 8. The van der Waals surface area contributed by atoms with Crippen LogP contribution in [0.4, 0.5) is 0 Å². The molecule has 7 aromatic rings. The predicted octanol–water partition coefficient (Wildman–Crippen LogP) is 6.96. The minimum Gasteiger partial charge on any atom is -0.361 e. The van der Waals surface area contributed by atoms with E-state index in [1.54, 1.807) is 18.2 Å². The van der Waals surface area contributed by atoms with Crippen molar-refractivity contribution < 1.29 is 25.9 Å². The van der Waals surface area contributed by atoms with Crippen LogP contribution in [-0.4, -0.2) is 30.9 Å². The summed E-state index contributed by atoms with van der Waals surface area (Å²) in [5.74, 6) is 0. The topological polar surface area (TPSA) is 125 Å². The molecule has 1 aromatic heterocycles. The summed E-state index contributed by atoms with van der Waals surface area (Å²) in [7, 11) is -9.91. The van der Waals surface area contributed by atoms with E-state index in [9.17, 15) is 25.9 Å². The molecule has 0 atom stereocenters. The van der Waals surface area contributed by atoms with Crippen molar-refractivity contribution in [2.24, 2.45) is 0 Å². The quantitative estimate of drug-likeness (QED) is 0.120. The maximum absolute atomic E-state index is 12.3. The molecule has 0 saturated heterocycles. The molecule has 194 valence electrons. The van der Waals surface area contributed by atoms with E-state index in [4.69, 9.17) is 0 Å². The number of hydrogen-bond acceptors (Lipinski definition) is 4. The molecule has 0 aliphatic carbocycles. The number of aromatic amines is 1. The average molecular weight is 556 g/mol. The van der Waals surface area contributed by atoms with E-state index in [1.807, 2.05) is 60.8 Å². The van der Waals surface area contributed by atoms with Crippen LogP contribution in [0.3, 0.4) is 0 Å². The van der Waals surface area contributed by atoms with Crippen LogP contribution >= 0.6 is 0 Å². The first-order chi connectivity index (χ1) is 18.6. The molecule has 0 bridgehead atoms. The monoisotopic (exact) mass is 555 g/mol. The largest absolute Gasteiger partial charge is 0.361 e. The zero-order valence-corrected chi connectivity index (χ0v) is 21.9. The zero-order valence-electron chi connectivity index (χ0n) is 20.2. The van der Waals surface area contributed by atoms with E-state index in [-0.39, 0.29) is 5.39 Å². The number of aromatic nitrogens is 1. The lowest BCUT2D eigenvalue weighted by Gasteiger charge is -2.15. The van der Waals surface area contributed by atoms with Crippen LogP contribution in [0.25, 0.3) is 54.0 Å². The molecule has 0 amide bonds. The van der Waals surface area contributed by atoms with Crippen LogP contribution in [0.15, 0.2) is 119 Å². The smallest absolute Gasteiger partial charge is 0.296 e. The van der Waals surface area contributed by atoms with E-state index < -0.39 is 30.0 Å². The molecule has 9 heteroatoms. The second kappa shape index (κ2) is 9.18. The normalized spacial score (nSPS) is 12.3. The van der Waals surface area contributed by atoms with Gasteiger partial charge in [0.2, 0.25) is 0 Å². The van der Waals surface area contributed by atoms with Gasteiger partial charge >= 0.3 is 0 Å². The summed E-state index contributed by atoms with van der Waals surface area (Å²) in [6, 6.07) is 31.3. The van der Waals surface area contributed by atoms with E-state index in [2.05, 4.69) is 23.2 Å². The van der Waals surface area contributed by atoms with Crippen LogP contribution in [0.2, 0.25) is 0 Å². The molecule has 0 fully saturated rings. The summed E-state index contributed by atoms with van der Waals surface area (Å²) >= 11 is 0. The van der Waals surface area contributed by atoms with Crippen LogP contribution in [0.5, 0.6) is 0 Å². The van der Waals surface area contributed by atoms with E-state index in [1.165, 1.54) is 17.0 Å². The molecule has 6 aromatic carbocycles. The van der Waals surface area contributed by atoms with Crippen LogP contribution < -0.4 is 0 Å². The number of nitrogens with one attached hydrogen (secondary N) is 1. The maximum Gasteiger partial charge on any atom is 0.296 e. The first kappa shape index (κ1) is 25.0. The van der Waals surface area contributed by atoms with Gasteiger partial charge in [-0.2, -0.15) is 16.8 Å². The Bertz CT molecular complexity index is 2260. The minimum atomic E-state index is -5.00. The summed E-state index contributed by atoms with van der Waals surface area (Å²) < 4.78 is 68.2. The van der Waals surface area contributed by atoms with Gasteiger partial charge in [-0.15, -0.1) is 0 Å². The van der Waals surface area contributed by atoms with Crippen molar-refractivity contribution >= 4 is 74.2 Å². The highest BCUT2D eigenvalue weighted by molar-refractivity contribution is 7.89. The van der Waals surface area contributed by atoms with Crippen molar-refractivity contribution in [2.75, 3.05) is 0 Å². The minimum absolute atomic E-state index is 0.0482. The van der Waals surface area contributed by atoms with Crippen molar-refractivity contribution in [3.8, 4) is 0 Å². The van der Waals surface area contributed by atoms with Gasteiger partial charge in [0.1, 0.15) is 9.79 Å². The number of hydrogen-bond donors (Lipinski definition) is 3. The van der Waals surface area contributed by atoms with Crippen molar-refractivity contribution in [1.29, 1.82) is 0 Å². The summed E-state index contributed by atoms with van der Waals surface area (Å²) in [4.78, 5) is 1.44. The third-order valence-corrected chi connectivity index (χ3v) is 8.75. The maximum atomic E-state index is 12.3. The Morgan fingerprint density at radius 1 is 0.513 bits per heavy atom. The standard InChI is InChI=1S/C22H14O6S2.C8H7N/c23-29(24,25)20-10-9-17-15-7-3-4-8-16(15)18-11-13-5-1-2-6-14(13)12-19(18)21(17)22(20)30(26,27)28;1-2-4-8-7(3-1)5-6-9-8/h1-12H,(H,23,24,25)(H,26,27,28);1-6,9H. The lowest BCUT2D eigenvalue weighted by Crippen LogP contribution is -2.09. The Hall–Kier alpha value is -4.28. The molecule has 0 saturated carbocycles. The Balaban J connectivity index is 0.000000258. The number of rotatable bonds is 2. The fourth-order valence-electron chi connectivity index (χ4n) is 5.13. The second-order valence-electron chi connectivity index (χ2n) is 9.12. The number of para-hydroxylation sites is 1. The Morgan fingerprint density at radius 2 is 1.08 bits per heavy atom. The van der Waals surface area contributed by atoms with E-state index in [0.717, 1.165) is 22.2 Å². The SMILES string of the molecule is O=S(=O)(O)c1ccc2c3ccccc3c3cc4ccccc4cc3c2c1S(=O)(=O)O.c1ccc2[nH]ccc2c1. The summed E-state index contributed by atoms with van der Waals surface area (Å²) in [6.45, 7) is 0. The van der Waals surface area contributed by atoms with Gasteiger partial charge in [-0.05, 0) is 73.4 Å². The zero-order chi connectivity index (χ0) is 27.4. The van der Waals surface area contributed by atoms with Gasteiger partial charge in [0.15, 0.2) is 0 Å². The van der Waals surface area contributed by atoms with Gasteiger partial charge < -0.3 is 4.98 Å². The predicted molar refractivity (Wildman–Crippen MR) is 154 cm³/mol. The Morgan fingerprint density at radius 3 is 1.69 bits per heavy atom. The third-order valence-electron chi connectivity index (χ3n) is 6.78. The molecular formula is C30H21NO6S2. The lowest BCUT2D eigenvalue weighted by molar-refractivity contribution is 0.468. The highest BCUT2D eigenvalue weighted by Gasteiger charge is 2.28. The molecule has 0 aliphatic rings. The van der Waals surface area contributed by atoms with Crippen LogP contribution in [-0.2, 0) is 20.2 Å². The van der Waals surface area contributed by atoms with Crippen molar-refractivity contribution in [1.82, 2.24) is 4.98 Å². The second-order valence-corrected chi connectivity index (χ2v) is 11.9. The highest BCUT2D eigenvalue weighted by Crippen LogP contribution is 2.41. The van der Waals surface area contributed by atoms with E-state index in [0.29, 0.717) is 21.5 Å². The van der Waals surface area contributed by atoms with Crippen LogP contribution in [0, 0.1) is 0 Å². The Labute approximate surface area is 223 Å². The molecule has 1 heterocycles. The average Bonchev–Trinajstić information content (AvgIpc) is 3.40. The summed E-state index contributed by atoms with van der Waals surface area (Å²) in [6.07, 6.45) is 1.95. The fraction of sp³-hybridized carbons (Fsp3) is 0. The van der Waals surface area contributed by atoms with Gasteiger partial charge in [0, 0.05) is 17.1 Å². The first-order valence-electron chi connectivity index (χ1n) is 11.9. The van der Waals surface area contributed by atoms with Gasteiger partial charge in [-0.1, -0.05) is 72.8 Å². The lowest BCUT2D eigenvalue weighted by atomic mass is 9.92. The molecule has 7 rings (SSSR count). The van der Waals surface area contributed by atoms with Gasteiger partial charge in [-0.3, -0.25) is 9.11 Å². The van der Waals surface area contributed by atoms with Crippen molar-refractivity contribution in [3.05, 3.63) is 109 Å².